The zero-order chi connectivity index (χ0) is 16.4. The second-order valence-corrected chi connectivity index (χ2v) is 12.6. The van der Waals surface area contributed by atoms with Crippen LogP contribution in [0.15, 0.2) is 23.4 Å². The molecule has 1 amide bonds. The molecule has 0 unspecified atom stereocenters. The molecule has 4 heteroatoms. The highest BCUT2D eigenvalue weighted by atomic mass is 28.3. The lowest BCUT2D eigenvalue weighted by atomic mass is 9.79. The predicted molar refractivity (Wildman–Crippen MR) is 94.5 cm³/mol. The van der Waals surface area contributed by atoms with E-state index in [0.717, 1.165) is 32.2 Å². The molecule has 0 saturated carbocycles. The Kier molecular flexibility index (Phi) is 5.33. The smallest absolute Gasteiger partial charge is 0.236 e. The third kappa shape index (κ3) is 3.09. The zero-order valence-corrected chi connectivity index (χ0v) is 15.8. The van der Waals surface area contributed by atoms with Gasteiger partial charge in [0.2, 0.25) is 5.91 Å². The molecule has 2 atom stereocenters. The molecule has 0 aromatic carbocycles. The van der Waals surface area contributed by atoms with Gasteiger partial charge in [0.15, 0.2) is 0 Å². The summed E-state index contributed by atoms with van der Waals surface area (Å²) in [6.45, 7) is 10.7. The van der Waals surface area contributed by atoms with E-state index in [-0.39, 0.29) is 6.04 Å². The van der Waals surface area contributed by atoms with Crippen molar-refractivity contribution in [2.75, 3.05) is 20.3 Å². The lowest BCUT2D eigenvalue weighted by molar-refractivity contribution is -0.139. The standard InChI is InChI=1S/C18H31NO2Si/c1-6-18(12-8-7-11-16(18)22(3,4)5)17(20)19-13-9-10-15(19)14-21-2/h8,11-12,15H,6-7,9-10,13-14H2,1-5H3/t15-,18-/m0/s1. The fraction of sp³-hybridized carbons (Fsp3) is 0.722. The van der Waals surface area contributed by atoms with Crippen molar-refractivity contribution in [3.8, 4) is 0 Å². The van der Waals surface area contributed by atoms with Crippen LogP contribution in [0.3, 0.4) is 0 Å². The Bertz CT molecular complexity index is 478. The van der Waals surface area contributed by atoms with Gasteiger partial charge in [-0.15, -0.1) is 0 Å². The molecular weight excluding hydrogens is 290 g/mol. The van der Waals surface area contributed by atoms with Gasteiger partial charge in [0.1, 0.15) is 0 Å². The van der Waals surface area contributed by atoms with E-state index in [4.69, 9.17) is 4.74 Å². The van der Waals surface area contributed by atoms with Crippen molar-refractivity contribution >= 4 is 14.0 Å². The molecule has 0 N–H and O–H groups in total. The largest absolute Gasteiger partial charge is 0.383 e. The van der Waals surface area contributed by atoms with Gasteiger partial charge in [-0.05, 0) is 25.7 Å². The average Bonchev–Trinajstić information content (AvgIpc) is 2.94. The van der Waals surface area contributed by atoms with Crippen molar-refractivity contribution in [2.24, 2.45) is 5.41 Å². The van der Waals surface area contributed by atoms with E-state index in [2.05, 4.69) is 49.7 Å². The Morgan fingerprint density at radius 3 is 2.77 bits per heavy atom. The Morgan fingerprint density at radius 2 is 2.18 bits per heavy atom. The molecule has 1 heterocycles. The van der Waals surface area contributed by atoms with Gasteiger partial charge in [0.25, 0.3) is 0 Å². The lowest BCUT2D eigenvalue weighted by Gasteiger charge is -2.42. The minimum absolute atomic E-state index is 0.249. The summed E-state index contributed by atoms with van der Waals surface area (Å²) in [6.07, 6.45) is 10.7. The number of allylic oxidation sites excluding steroid dienone is 2. The van der Waals surface area contributed by atoms with Crippen molar-refractivity contribution < 1.29 is 9.53 Å². The molecule has 0 aromatic rings. The van der Waals surface area contributed by atoms with Gasteiger partial charge >= 0.3 is 0 Å². The van der Waals surface area contributed by atoms with Crippen LogP contribution in [0.5, 0.6) is 0 Å². The Morgan fingerprint density at radius 1 is 1.45 bits per heavy atom. The lowest BCUT2D eigenvalue weighted by Crippen LogP contribution is -2.51. The average molecular weight is 322 g/mol. The number of carbonyl (C=O) groups excluding carboxylic acids is 1. The van der Waals surface area contributed by atoms with Crippen molar-refractivity contribution in [1.82, 2.24) is 4.90 Å². The first-order chi connectivity index (χ1) is 10.4. The number of methoxy groups -OCH3 is 1. The first kappa shape index (κ1) is 17.5. The van der Waals surface area contributed by atoms with Crippen LogP contribution in [0.4, 0.5) is 0 Å². The number of hydrogen-bond acceptors (Lipinski definition) is 2. The third-order valence-electron chi connectivity index (χ3n) is 5.09. The van der Waals surface area contributed by atoms with Crippen LogP contribution in [-0.2, 0) is 9.53 Å². The second-order valence-electron chi connectivity index (χ2n) is 7.58. The van der Waals surface area contributed by atoms with E-state index in [1.165, 1.54) is 5.20 Å². The van der Waals surface area contributed by atoms with Gasteiger partial charge in [-0.2, -0.15) is 0 Å². The third-order valence-corrected chi connectivity index (χ3v) is 7.35. The van der Waals surface area contributed by atoms with Gasteiger partial charge < -0.3 is 9.64 Å². The minimum atomic E-state index is -1.54. The van der Waals surface area contributed by atoms with Gasteiger partial charge in [-0.1, -0.05) is 50.0 Å². The monoisotopic (exact) mass is 321 g/mol. The van der Waals surface area contributed by atoms with E-state index in [1.807, 2.05) is 0 Å². The highest BCUT2D eigenvalue weighted by Crippen LogP contribution is 2.44. The molecule has 1 saturated heterocycles. The fourth-order valence-electron chi connectivity index (χ4n) is 4.07. The van der Waals surface area contributed by atoms with Gasteiger partial charge in [-0.25, -0.2) is 0 Å². The Balaban J connectivity index is 2.36. The molecule has 0 aromatic heterocycles. The maximum Gasteiger partial charge on any atom is 0.236 e. The van der Waals surface area contributed by atoms with E-state index in [9.17, 15) is 4.79 Å². The van der Waals surface area contributed by atoms with Crippen molar-refractivity contribution in [1.29, 1.82) is 0 Å². The summed E-state index contributed by atoms with van der Waals surface area (Å²) < 4.78 is 5.34. The summed E-state index contributed by atoms with van der Waals surface area (Å²) in [6, 6.07) is 0.249. The van der Waals surface area contributed by atoms with E-state index in [0.29, 0.717) is 12.5 Å². The number of carbonyl (C=O) groups is 1. The van der Waals surface area contributed by atoms with Crippen molar-refractivity contribution in [2.45, 2.75) is 58.3 Å². The quantitative estimate of drug-likeness (QED) is 0.569. The molecule has 22 heavy (non-hydrogen) atoms. The molecule has 2 rings (SSSR count). The molecule has 0 bridgehead atoms. The van der Waals surface area contributed by atoms with Crippen LogP contribution in [-0.4, -0.2) is 45.2 Å². The summed E-state index contributed by atoms with van der Waals surface area (Å²) in [5, 5.41) is 1.41. The van der Waals surface area contributed by atoms with Crippen LogP contribution in [0.25, 0.3) is 0 Å². The zero-order valence-electron chi connectivity index (χ0n) is 14.8. The molecule has 2 aliphatic rings. The summed E-state index contributed by atoms with van der Waals surface area (Å²) >= 11 is 0. The van der Waals surface area contributed by atoms with Crippen LogP contribution in [0.1, 0.15) is 32.6 Å². The molecule has 1 aliphatic carbocycles. The summed E-state index contributed by atoms with van der Waals surface area (Å²) in [4.78, 5) is 15.6. The number of hydrogen-bond donors (Lipinski definition) is 0. The molecule has 0 radical (unpaired) electrons. The molecule has 0 spiro atoms. The molecule has 1 aliphatic heterocycles. The van der Waals surface area contributed by atoms with Crippen molar-refractivity contribution in [3.63, 3.8) is 0 Å². The number of amides is 1. The summed E-state index contributed by atoms with van der Waals surface area (Å²) in [5.74, 6) is 0.305. The first-order valence-electron chi connectivity index (χ1n) is 8.55. The first-order valence-corrected chi connectivity index (χ1v) is 12.1. The maximum atomic E-state index is 13.5. The molecule has 1 fully saturated rings. The Hall–Kier alpha value is -0.873. The SMILES string of the molecule is CC[C@]1(C(=O)N2CCC[C@H]2COC)C=CCC=C1[Si](C)(C)C. The normalized spacial score (nSPS) is 28.9. The van der Waals surface area contributed by atoms with Gasteiger partial charge in [0.05, 0.1) is 26.1 Å². The topological polar surface area (TPSA) is 29.5 Å². The Labute approximate surface area is 136 Å². The highest BCUT2D eigenvalue weighted by molar-refractivity contribution is 6.83. The molecular formula is C18H31NO2Si. The summed E-state index contributed by atoms with van der Waals surface area (Å²) in [7, 11) is 0.191. The van der Waals surface area contributed by atoms with E-state index < -0.39 is 13.5 Å². The van der Waals surface area contributed by atoms with Crippen LogP contribution in [0, 0.1) is 5.41 Å². The summed E-state index contributed by atoms with van der Waals surface area (Å²) in [5.41, 5.74) is -0.404. The minimum Gasteiger partial charge on any atom is -0.383 e. The fourth-order valence-corrected chi connectivity index (χ4v) is 6.51. The van der Waals surface area contributed by atoms with Gasteiger partial charge in [-0.3, -0.25) is 4.79 Å². The van der Waals surface area contributed by atoms with Crippen molar-refractivity contribution in [3.05, 3.63) is 23.4 Å². The number of ether oxygens (including phenoxy) is 1. The number of rotatable bonds is 5. The number of nitrogens with zero attached hydrogens (tertiary/aromatic N) is 1. The van der Waals surface area contributed by atoms with E-state index >= 15 is 0 Å². The second kappa shape index (κ2) is 6.71. The molecule has 124 valence electrons. The number of likely N-dealkylation sites (tertiary alicyclic amines) is 1. The van der Waals surface area contributed by atoms with Crippen LogP contribution in [0.2, 0.25) is 19.6 Å². The van der Waals surface area contributed by atoms with E-state index in [1.54, 1.807) is 7.11 Å². The van der Waals surface area contributed by atoms with Gasteiger partial charge in [0, 0.05) is 13.7 Å². The highest BCUT2D eigenvalue weighted by Gasteiger charge is 2.47. The molecule has 3 nitrogen and oxygen atoms in total. The predicted octanol–water partition coefficient (Wildman–Crippen LogP) is 3.78. The maximum absolute atomic E-state index is 13.5. The van der Waals surface area contributed by atoms with Crippen LogP contribution >= 0.6 is 0 Å². The van der Waals surface area contributed by atoms with Crippen LogP contribution < -0.4 is 0 Å².